The zero-order valence-electron chi connectivity index (χ0n) is 5.85. The molecular formula is C8H9NS. The van der Waals surface area contributed by atoms with Crippen molar-refractivity contribution in [2.45, 2.75) is 18.4 Å². The maximum Gasteiger partial charge on any atom is 0.0324 e. The quantitative estimate of drug-likeness (QED) is 0.570. The van der Waals surface area contributed by atoms with Crippen LogP contribution in [0.25, 0.3) is 0 Å². The summed E-state index contributed by atoms with van der Waals surface area (Å²) in [5.74, 6) is 0. The SMILES string of the molecule is Cc1ccc2c(c1)CNS2. The van der Waals surface area contributed by atoms with Crippen molar-refractivity contribution in [3.63, 3.8) is 0 Å². The topological polar surface area (TPSA) is 12.0 Å². The Balaban J connectivity index is 2.52. The van der Waals surface area contributed by atoms with Crippen molar-refractivity contribution in [3.8, 4) is 0 Å². The lowest BCUT2D eigenvalue weighted by Crippen LogP contribution is -1.91. The van der Waals surface area contributed by atoms with Gasteiger partial charge in [0.15, 0.2) is 0 Å². The summed E-state index contributed by atoms with van der Waals surface area (Å²) >= 11 is 1.73. The molecule has 1 aromatic rings. The third-order valence-corrected chi connectivity index (χ3v) is 2.57. The summed E-state index contributed by atoms with van der Waals surface area (Å²) in [4.78, 5) is 1.38. The largest absolute Gasteiger partial charge is 0.255 e. The number of fused-ring (bicyclic) bond motifs is 1. The molecule has 0 spiro atoms. The molecule has 1 aromatic carbocycles. The van der Waals surface area contributed by atoms with Crippen molar-refractivity contribution >= 4 is 11.9 Å². The van der Waals surface area contributed by atoms with Gasteiger partial charge in [0.1, 0.15) is 0 Å². The molecule has 0 amide bonds. The molecule has 0 aliphatic carbocycles. The normalized spacial score (nSPS) is 15.3. The second-order valence-electron chi connectivity index (χ2n) is 2.53. The Kier molecular flexibility index (Phi) is 1.43. The number of aryl methyl sites for hydroxylation is 1. The molecule has 0 radical (unpaired) electrons. The number of rotatable bonds is 0. The van der Waals surface area contributed by atoms with Crippen LogP contribution in [0.3, 0.4) is 0 Å². The summed E-state index contributed by atoms with van der Waals surface area (Å²) in [7, 11) is 0. The lowest BCUT2D eigenvalue weighted by Gasteiger charge is -1.95. The number of benzene rings is 1. The van der Waals surface area contributed by atoms with Crippen molar-refractivity contribution in [2.24, 2.45) is 0 Å². The molecule has 1 aliphatic rings. The van der Waals surface area contributed by atoms with Gasteiger partial charge in [-0.2, -0.15) is 0 Å². The van der Waals surface area contributed by atoms with Crippen LogP contribution in [0.2, 0.25) is 0 Å². The van der Waals surface area contributed by atoms with E-state index in [1.807, 2.05) is 0 Å². The van der Waals surface area contributed by atoms with Crippen LogP contribution >= 0.6 is 11.9 Å². The lowest BCUT2D eigenvalue weighted by atomic mass is 10.1. The molecule has 10 heavy (non-hydrogen) atoms. The first-order chi connectivity index (χ1) is 4.86. The van der Waals surface area contributed by atoms with E-state index in [1.54, 1.807) is 11.9 Å². The van der Waals surface area contributed by atoms with Crippen LogP contribution in [-0.2, 0) is 6.54 Å². The number of hydrogen-bond donors (Lipinski definition) is 1. The van der Waals surface area contributed by atoms with Crippen LogP contribution in [0.4, 0.5) is 0 Å². The molecule has 0 saturated heterocycles. The molecule has 0 fully saturated rings. The van der Waals surface area contributed by atoms with Gasteiger partial charge in [-0.3, -0.25) is 4.72 Å². The summed E-state index contributed by atoms with van der Waals surface area (Å²) in [5.41, 5.74) is 2.79. The fourth-order valence-electron chi connectivity index (χ4n) is 1.14. The van der Waals surface area contributed by atoms with Gasteiger partial charge in [0.05, 0.1) is 0 Å². The minimum atomic E-state index is 1.02. The van der Waals surface area contributed by atoms with Crippen molar-refractivity contribution in [2.75, 3.05) is 0 Å². The summed E-state index contributed by atoms with van der Waals surface area (Å²) in [6.45, 7) is 3.14. The van der Waals surface area contributed by atoms with Crippen molar-refractivity contribution in [1.29, 1.82) is 0 Å². The molecule has 2 rings (SSSR count). The maximum atomic E-state index is 3.23. The molecule has 2 heteroatoms. The molecule has 1 aliphatic heterocycles. The second kappa shape index (κ2) is 2.29. The van der Waals surface area contributed by atoms with Gasteiger partial charge in [-0.15, -0.1) is 0 Å². The van der Waals surface area contributed by atoms with Crippen molar-refractivity contribution < 1.29 is 0 Å². The van der Waals surface area contributed by atoms with E-state index in [2.05, 4.69) is 29.8 Å². The summed E-state index contributed by atoms with van der Waals surface area (Å²) in [6, 6.07) is 6.57. The van der Waals surface area contributed by atoms with Crippen molar-refractivity contribution in [1.82, 2.24) is 4.72 Å². The minimum absolute atomic E-state index is 1.02. The molecule has 52 valence electrons. The minimum Gasteiger partial charge on any atom is -0.255 e. The molecule has 1 heterocycles. The average Bonchev–Trinajstić information content (AvgIpc) is 2.33. The van der Waals surface area contributed by atoms with Crippen LogP contribution in [0.5, 0.6) is 0 Å². The van der Waals surface area contributed by atoms with Gasteiger partial charge in [-0.1, -0.05) is 17.7 Å². The smallest absolute Gasteiger partial charge is 0.0324 e. The molecule has 0 saturated carbocycles. The first-order valence-electron chi connectivity index (χ1n) is 3.35. The Hall–Kier alpha value is -0.470. The average molecular weight is 151 g/mol. The van der Waals surface area contributed by atoms with Crippen LogP contribution in [0, 0.1) is 6.92 Å². The highest BCUT2D eigenvalue weighted by Crippen LogP contribution is 2.27. The Morgan fingerprint density at radius 3 is 3.30 bits per heavy atom. The van der Waals surface area contributed by atoms with Gasteiger partial charge in [0.25, 0.3) is 0 Å². The fourth-order valence-corrected chi connectivity index (χ4v) is 1.92. The van der Waals surface area contributed by atoms with Gasteiger partial charge in [0.2, 0.25) is 0 Å². The van der Waals surface area contributed by atoms with E-state index >= 15 is 0 Å². The fraction of sp³-hybridized carbons (Fsp3) is 0.250. The molecule has 0 bridgehead atoms. The van der Waals surface area contributed by atoms with Crippen LogP contribution < -0.4 is 4.72 Å². The predicted octanol–water partition coefficient (Wildman–Crippen LogP) is 2.11. The van der Waals surface area contributed by atoms with Gasteiger partial charge >= 0.3 is 0 Å². The van der Waals surface area contributed by atoms with Gasteiger partial charge in [0, 0.05) is 11.4 Å². The highest BCUT2D eigenvalue weighted by molar-refractivity contribution is 7.97. The van der Waals surface area contributed by atoms with Crippen molar-refractivity contribution in [3.05, 3.63) is 29.3 Å². The van der Waals surface area contributed by atoms with Gasteiger partial charge in [-0.25, -0.2) is 0 Å². The predicted molar refractivity (Wildman–Crippen MR) is 43.9 cm³/mol. The zero-order valence-corrected chi connectivity index (χ0v) is 6.66. The van der Waals surface area contributed by atoms with E-state index in [-0.39, 0.29) is 0 Å². The van der Waals surface area contributed by atoms with Gasteiger partial charge < -0.3 is 0 Å². The molecule has 0 unspecified atom stereocenters. The first kappa shape index (κ1) is 6.25. The van der Waals surface area contributed by atoms with E-state index < -0.39 is 0 Å². The monoisotopic (exact) mass is 151 g/mol. The highest BCUT2D eigenvalue weighted by Gasteiger charge is 2.09. The van der Waals surface area contributed by atoms with Gasteiger partial charge in [-0.05, 0) is 30.5 Å². The van der Waals surface area contributed by atoms with E-state index in [4.69, 9.17) is 0 Å². The third kappa shape index (κ3) is 0.935. The van der Waals surface area contributed by atoms with E-state index in [9.17, 15) is 0 Å². The first-order valence-corrected chi connectivity index (χ1v) is 4.17. The number of nitrogens with one attached hydrogen (secondary N) is 1. The molecule has 1 N–H and O–H groups in total. The summed E-state index contributed by atoms with van der Waals surface area (Å²) < 4.78 is 3.23. The summed E-state index contributed by atoms with van der Waals surface area (Å²) in [5, 5.41) is 0. The zero-order chi connectivity index (χ0) is 6.97. The molecule has 0 atom stereocenters. The Bertz CT molecular complexity index is 257. The molecular weight excluding hydrogens is 142 g/mol. The van der Waals surface area contributed by atoms with Crippen LogP contribution in [-0.4, -0.2) is 0 Å². The Morgan fingerprint density at radius 2 is 2.40 bits per heavy atom. The molecule has 0 aromatic heterocycles. The highest BCUT2D eigenvalue weighted by atomic mass is 32.2. The second-order valence-corrected chi connectivity index (χ2v) is 3.47. The van der Waals surface area contributed by atoms with Crippen LogP contribution in [0.1, 0.15) is 11.1 Å². The lowest BCUT2D eigenvalue weighted by molar-refractivity contribution is 0.991. The Morgan fingerprint density at radius 1 is 1.50 bits per heavy atom. The number of hydrogen-bond acceptors (Lipinski definition) is 2. The summed E-state index contributed by atoms with van der Waals surface area (Å²) in [6.07, 6.45) is 0. The van der Waals surface area contributed by atoms with E-state index in [0.29, 0.717) is 0 Å². The molecule has 1 nitrogen and oxygen atoms in total. The standard InChI is InChI=1S/C8H9NS/c1-6-2-3-8-7(4-6)5-9-10-8/h2-4,9H,5H2,1H3. The van der Waals surface area contributed by atoms with E-state index in [0.717, 1.165) is 6.54 Å². The Labute approximate surface area is 65.0 Å². The third-order valence-electron chi connectivity index (χ3n) is 1.66. The maximum absolute atomic E-state index is 3.23. The van der Waals surface area contributed by atoms with E-state index in [1.165, 1.54) is 16.0 Å². The van der Waals surface area contributed by atoms with Crippen LogP contribution in [0.15, 0.2) is 23.1 Å².